The number of nitrogens with zero attached hydrogens (tertiary/aromatic N) is 3. The highest BCUT2D eigenvalue weighted by Gasteiger charge is 2.18. The number of benzene rings is 1. The first-order valence-electron chi connectivity index (χ1n) is 10.8. The zero-order valence-electron chi connectivity index (χ0n) is 18.5. The van der Waals surface area contributed by atoms with Crippen LogP contribution < -0.4 is 20.3 Å². The minimum Gasteiger partial charge on any atom is -0.489 e. The molecule has 0 spiro atoms. The van der Waals surface area contributed by atoms with Crippen LogP contribution in [0.25, 0.3) is 0 Å². The monoisotopic (exact) mass is 429 g/mol. The Hall–Kier alpha value is -2.87. The molecule has 2 unspecified atom stereocenters. The molecule has 0 radical (unpaired) electrons. The van der Waals surface area contributed by atoms with Gasteiger partial charge >= 0.3 is 0 Å². The van der Waals surface area contributed by atoms with Gasteiger partial charge in [-0.25, -0.2) is 9.37 Å². The summed E-state index contributed by atoms with van der Waals surface area (Å²) in [5.74, 6) is 1.87. The Morgan fingerprint density at radius 3 is 2.97 bits per heavy atom. The molecule has 3 rings (SSSR count). The van der Waals surface area contributed by atoms with Gasteiger partial charge in [-0.1, -0.05) is 13.0 Å². The fourth-order valence-corrected chi connectivity index (χ4v) is 3.39. The summed E-state index contributed by atoms with van der Waals surface area (Å²) >= 11 is 0. The molecule has 1 aromatic carbocycles. The third-order valence-electron chi connectivity index (χ3n) is 5.11. The number of pyridine rings is 1. The number of morpholine rings is 1. The van der Waals surface area contributed by atoms with Gasteiger partial charge in [-0.05, 0) is 43.2 Å². The molecule has 2 heterocycles. The summed E-state index contributed by atoms with van der Waals surface area (Å²) in [7, 11) is 1.73. The smallest absolute Gasteiger partial charge is 0.191 e. The lowest BCUT2D eigenvalue weighted by Gasteiger charge is -2.32. The third-order valence-corrected chi connectivity index (χ3v) is 5.11. The zero-order valence-corrected chi connectivity index (χ0v) is 18.5. The van der Waals surface area contributed by atoms with Gasteiger partial charge in [-0.2, -0.15) is 0 Å². The maximum Gasteiger partial charge on any atom is 0.191 e. The number of hydrogen-bond acceptors (Lipinski definition) is 5. The molecule has 31 heavy (non-hydrogen) atoms. The number of rotatable bonds is 8. The van der Waals surface area contributed by atoms with Gasteiger partial charge in [0.2, 0.25) is 0 Å². The third kappa shape index (κ3) is 7.10. The number of hydrogen-bond donors (Lipinski definition) is 2. The molecule has 0 saturated carbocycles. The van der Waals surface area contributed by atoms with Gasteiger partial charge in [0.05, 0.1) is 19.3 Å². The maximum atomic E-state index is 13.4. The molecule has 2 atom stereocenters. The molecule has 2 aromatic rings. The zero-order chi connectivity index (χ0) is 22.1. The van der Waals surface area contributed by atoms with E-state index in [-0.39, 0.29) is 18.0 Å². The summed E-state index contributed by atoms with van der Waals surface area (Å²) in [4.78, 5) is 11.1. The number of aliphatic imine (C=N–C) groups is 1. The summed E-state index contributed by atoms with van der Waals surface area (Å²) in [6.07, 6.45) is 2.73. The van der Waals surface area contributed by atoms with Crippen molar-refractivity contribution in [1.82, 2.24) is 15.6 Å². The van der Waals surface area contributed by atoms with Gasteiger partial charge in [0.1, 0.15) is 23.5 Å². The minimum atomic E-state index is -0.305. The molecule has 168 valence electrons. The highest BCUT2D eigenvalue weighted by Crippen LogP contribution is 2.17. The highest BCUT2D eigenvalue weighted by molar-refractivity contribution is 5.79. The molecular weight excluding hydrogens is 397 g/mol. The van der Waals surface area contributed by atoms with Crippen molar-refractivity contribution in [2.75, 3.05) is 38.2 Å². The number of anilines is 1. The van der Waals surface area contributed by atoms with Gasteiger partial charge in [-0.15, -0.1) is 0 Å². The van der Waals surface area contributed by atoms with E-state index in [1.807, 2.05) is 19.2 Å². The molecule has 8 heteroatoms. The second-order valence-electron chi connectivity index (χ2n) is 7.56. The first-order chi connectivity index (χ1) is 15.1. The largest absolute Gasteiger partial charge is 0.489 e. The molecule has 0 bridgehead atoms. The first kappa shape index (κ1) is 22.8. The topological polar surface area (TPSA) is 71.0 Å². The molecule has 7 nitrogen and oxygen atoms in total. The van der Waals surface area contributed by atoms with Crippen LogP contribution in [0.4, 0.5) is 10.2 Å². The van der Waals surface area contributed by atoms with Crippen LogP contribution in [0.1, 0.15) is 25.8 Å². The fourth-order valence-electron chi connectivity index (χ4n) is 3.39. The standard InChI is InChI=1S/C23H32FN5O2/c1-4-20(31-21-7-5-6-19(24)13-21)15-28-23(25-3)27-14-18-8-9-26-22(12-18)29-10-11-30-17(2)16-29/h5-9,12-13,17,20H,4,10-11,14-16H2,1-3H3,(H2,25,27,28). The summed E-state index contributed by atoms with van der Waals surface area (Å²) in [5.41, 5.74) is 1.12. The first-order valence-corrected chi connectivity index (χ1v) is 10.8. The van der Waals surface area contributed by atoms with Gasteiger partial charge < -0.3 is 25.0 Å². The average Bonchev–Trinajstić information content (AvgIpc) is 2.78. The predicted molar refractivity (Wildman–Crippen MR) is 121 cm³/mol. The quantitative estimate of drug-likeness (QED) is 0.497. The van der Waals surface area contributed by atoms with Crippen molar-refractivity contribution in [3.05, 3.63) is 54.0 Å². The summed E-state index contributed by atoms with van der Waals surface area (Å²) in [6.45, 7) is 7.70. The second kappa shape index (κ2) is 11.5. The fraction of sp³-hybridized carbons (Fsp3) is 0.478. The van der Waals surface area contributed by atoms with Crippen LogP contribution in [-0.4, -0.2) is 56.4 Å². The minimum absolute atomic E-state index is 0.101. The Bertz CT molecular complexity index is 863. The van der Waals surface area contributed by atoms with Crippen LogP contribution in [-0.2, 0) is 11.3 Å². The van der Waals surface area contributed by atoms with E-state index in [0.29, 0.717) is 24.8 Å². The van der Waals surface area contributed by atoms with Crippen LogP contribution in [0.5, 0.6) is 5.75 Å². The van der Waals surface area contributed by atoms with E-state index in [4.69, 9.17) is 9.47 Å². The van der Waals surface area contributed by atoms with E-state index in [0.717, 1.165) is 37.5 Å². The Balaban J connectivity index is 1.50. The molecular formula is C23H32FN5O2. The number of aromatic nitrogens is 1. The summed E-state index contributed by atoms with van der Waals surface area (Å²) in [6, 6.07) is 10.3. The number of guanidine groups is 1. The van der Waals surface area contributed by atoms with Crippen molar-refractivity contribution < 1.29 is 13.9 Å². The highest BCUT2D eigenvalue weighted by atomic mass is 19.1. The van der Waals surface area contributed by atoms with E-state index in [9.17, 15) is 4.39 Å². The molecule has 0 amide bonds. The molecule has 0 aliphatic carbocycles. The lowest BCUT2D eigenvalue weighted by Crippen LogP contribution is -2.42. The van der Waals surface area contributed by atoms with Crippen LogP contribution >= 0.6 is 0 Å². The van der Waals surface area contributed by atoms with Gasteiger partial charge in [-0.3, -0.25) is 4.99 Å². The molecule has 1 fully saturated rings. The van der Waals surface area contributed by atoms with Crippen molar-refractivity contribution >= 4 is 11.8 Å². The number of halogens is 1. The van der Waals surface area contributed by atoms with E-state index in [2.05, 4.69) is 38.5 Å². The van der Waals surface area contributed by atoms with Crippen molar-refractivity contribution in [3.8, 4) is 5.75 Å². The van der Waals surface area contributed by atoms with E-state index < -0.39 is 0 Å². The van der Waals surface area contributed by atoms with E-state index in [1.165, 1.54) is 12.1 Å². The van der Waals surface area contributed by atoms with Crippen molar-refractivity contribution in [1.29, 1.82) is 0 Å². The average molecular weight is 430 g/mol. The summed E-state index contributed by atoms with van der Waals surface area (Å²) < 4.78 is 24.9. The van der Waals surface area contributed by atoms with Gasteiger partial charge in [0.25, 0.3) is 0 Å². The second-order valence-corrected chi connectivity index (χ2v) is 7.56. The molecule has 2 N–H and O–H groups in total. The predicted octanol–water partition coefficient (Wildman–Crippen LogP) is 2.97. The number of ether oxygens (including phenoxy) is 2. The normalized spacial score (nSPS) is 17.9. The van der Waals surface area contributed by atoms with Crippen molar-refractivity contribution in [2.24, 2.45) is 4.99 Å². The van der Waals surface area contributed by atoms with Crippen LogP contribution in [0.15, 0.2) is 47.6 Å². The Morgan fingerprint density at radius 1 is 1.35 bits per heavy atom. The lowest BCUT2D eigenvalue weighted by molar-refractivity contribution is 0.0529. The molecule has 1 aliphatic rings. The molecule has 1 aliphatic heterocycles. The van der Waals surface area contributed by atoms with Crippen molar-refractivity contribution in [3.63, 3.8) is 0 Å². The molecule has 1 aromatic heterocycles. The summed E-state index contributed by atoms with van der Waals surface area (Å²) in [5, 5.41) is 6.62. The van der Waals surface area contributed by atoms with Crippen LogP contribution in [0, 0.1) is 5.82 Å². The number of nitrogens with one attached hydrogen (secondary N) is 2. The Labute approximate surface area is 183 Å². The molecule has 1 saturated heterocycles. The van der Waals surface area contributed by atoms with Crippen LogP contribution in [0.2, 0.25) is 0 Å². The maximum absolute atomic E-state index is 13.4. The van der Waals surface area contributed by atoms with Crippen LogP contribution in [0.3, 0.4) is 0 Å². The van der Waals surface area contributed by atoms with Gasteiger partial charge in [0.15, 0.2) is 5.96 Å². The Kier molecular flexibility index (Phi) is 8.46. The Morgan fingerprint density at radius 2 is 2.23 bits per heavy atom. The lowest BCUT2D eigenvalue weighted by atomic mass is 10.2. The SMILES string of the molecule is CCC(CNC(=NC)NCc1ccnc(N2CCOC(C)C2)c1)Oc1cccc(F)c1. The van der Waals surface area contributed by atoms with E-state index >= 15 is 0 Å². The van der Waals surface area contributed by atoms with Gasteiger partial charge in [0, 0.05) is 38.9 Å². The van der Waals surface area contributed by atoms with E-state index in [1.54, 1.807) is 19.2 Å². The van der Waals surface area contributed by atoms with Crippen molar-refractivity contribution in [2.45, 2.75) is 39.0 Å².